The Kier molecular flexibility index (Phi) is 7.60. The third-order valence-electron chi connectivity index (χ3n) is 5.01. The molecule has 8 heteroatoms. The van der Waals surface area contributed by atoms with Crippen molar-refractivity contribution in [3.63, 3.8) is 0 Å². The van der Waals surface area contributed by atoms with E-state index in [9.17, 15) is 18.0 Å². The second-order valence-corrected chi connectivity index (χ2v) is 9.37. The minimum absolute atomic E-state index is 0.157. The minimum atomic E-state index is -3.59. The first-order valence-corrected chi connectivity index (χ1v) is 11.2. The van der Waals surface area contributed by atoms with E-state index in [1.807, 2.05) is 13.8 Å². The maximum atomic E-state index is 12.9. The Labute approximate surface area is 167 Å². The smallest absolute Gasteiger partial charge is 0.338 e. The molecule has 1 heterocycles. The van der Waals surface area contributed by atoms with Gasteiger partial charge in [-0.1, -0.05) is 13.8 Å². The number of carbonyl (C=O) groups excluding carboxylic acids is 2. The van der Waals surface area contributed by atoms with Crippen LogP contribution >= 0.6 is 0 Å². The summed E-state index contributed by atoms with van der Waals surface area (Å²) >= 11 is 0. The van der Waals surface area contributed by atoms with Crippen molar-refractivity contribution in [3.05, 3.63) is 29.8 Å². The fourth-order valence-corrected chi connectivity index (χ4v) is 5.27. The van der Waals surface area contributed by atoms with E-state index in [0.717, 1.165) is 6.42 Å². The number of likely N-dealkylation sites (N-methyl/N-ethyl adjacent to an activating group) is 1. The van der Waals surface area contributed by atoms with Crippen molar-refractivity contribution < 1.29 is 22.7 Å². The van der Waals surface area contributed by atoms with Crippen LogP contribution in [-0.2, 0) is 19.6 Å². The lowest BCUT2D eigenvalue weighted by Gasteiger charge is -2.34. The number of ether oxygens (including phenoxy) is 1. The van der Waals surface area contributed by atoms with Gasteiger partial charge in [-0.3, -0.25) is 4.79 Å². The largest absolute Gasteiger partial charge is 0.452 e. The molecule has 1 aromatic rings. The van der Waals surface area contributed by atoms with E-state index in [2.05, 4.69) is 13.8 Å². The number of rotatable bonds is 7. The van der Waals surface area contributed by atoms with Gasteiger partial charge in [-0.15, -0.1) is 0 Å². The molecule has 0 radical (unpaired) electrons. The highest BCUT2D eigenvalue weighted by molar-refractivity contribution is 7.89. The standard InChI is InChI=1S/C20H30N2O5S/c1-5-21(6-2)19(23)14-27-20(24)17-7-9-18(10-8-17)28(25,26)22-12-15(3)11-16(4)13-22/h7-10,15-16H,5-6,11-14H2,1-4H3/t15-,16+. The summed E-state index contributed by atoms with van der Waals surface area (Å²) in [5, 5.41) is 0. The number of nitrogens with zero attached hydrogens (tertiary/aromatic N) is 2. The lowest BCUT2D eigenvalue weighted by molar-refractivity contribution is -0.134. The van der Waals surface area contributed by atoms with Crippen molar-refractivity contribution in [2.45, 2.75) is 39.0 Å². The van der Waals surface area contributed by atoms with E-state index < -0.39 is 16.0 Å². The van der Waals surface area contributed by atoms with Gasteiger partial charge in [0.2, 0.25) is 10.0 Å². The quantitative estimate of drug-likeness (QED) is 0.645. The molecular formula is C20H30N2O5S. The van der Waals surface area contributed by atoms with Crippen LogP contribution in [0, 0.1) is 11.8 Å². The zero-order valence-electron chi connectivity index (χ0n) is 17.1. The fourth-order valence-electron chi connectivity index (χ4n) is 3.59. The lowest BCUT2D eigenvalue weighted by atomic mass is 9.94. The van der Waals surface area contributed by atoms with Gasteiger partial charge in [0, 0.05) is 26.2 Å². The number of amides is 1. The normalized spacial score (nSPS) is 20.6. The molecule has 0 bridgehead atoms. The van der Waals surface area contributed by atoms with Crippen LogP contribution in [-0.4, -0.2) is 62.3 Å². The van der Waals surface area contributed by atoms with Gasteiger partial charge in [0.05, 0.1) is 10.5 Å². The second-order valence-electron chi connectivity index (χ2n) is 7.43. The van der Waals surface area contributed by atoms with Crippen LogP contribution in [0.5, 0.6) is 0 Å². The highest BCUT2D eigenvalue weighted by Gasteiger charge is 2.31. The van der Waals surface area contributed by atoms with Crippen molar-refractivity contribution in [2.24, 2.45) is 11.8 Å². The molecule has 2 atom stereocenters. The van der Waals surface area contributed by atoms with Crippen LogP contribution in [0.4, 0.5) is 0 Å². The fraction of sp³-hybridized carbons (Fsp3) is 0.600. The zero-order chi connectivity index (χ0) is 20.9. The maximum absolute atomic E-state index is 12.9. The van der Waals surface area contributed by atoms with E-state index in [-0.39, 0.29) is 23.0 Å². The molecule has 0 aliphatic carbocycles. The van der Waals surface area contributed by atoms with Gasteiger partial charge in [-0.2, -0.15) is 4.31 Å². The Morgan fingerprint density at radius 3 is 2.11 bits per heavy atom. The van der Waals surface area contributed by atoms with Crippen molar-refractivity contribution in [2.75, 3.05) is 32.8 Å². The van der Waals surface area contributed by atoms with E-state index in [0.29, 0.717) is 38.0 Å². The molecule has 0 spiro atoms. The summed E-state index contributed by atoms with van der Waals surface area (Å²) < 4.78 is 32.3. The number of benzene rings is 1. The molecule has 1 aliphatic rings. The van der Waals surface area contributed by atoms with Gasteiger partial charge < -0.3 is 9.64 Å². The Bertz CT molecular complexity index is 777. The second kappa shape index (κ2) is 9.52. The Balaban J connectivity index is 2.04. The lowest BCUT2D eigenvalue weighted by Crippen LogP contribution is -2.42. The predicted molar refractivity (Wildman–Crippen MR) is 106 cm³/mol. The van der Waals surface area contributed by atoms with Crippen molar-refractivity contribution in [1.82, 2.24) is 9.21 Å². The molecule has 1 amide bonds. The Morgan fingerprint density at radius 1 is 1.07 bits per heavy atom. The Morgan fingerprint density at radius 2 is 1.61 bits per heavy atom. The van der Waals surface area contributed by atoms with Crippen LogP contribution in [0.15, 0.2) is 29.2 Å². The topological polar surface area (TPSA) is 84.0 Å². The van der Waals surface area contributed by atoms with Gasteiger partial charge in [0.25, 0.3) is 5.91 Å². The molecule has 0 unspecified atom stereocenters. The highest BCUT2D eigenvalue weighted by Crippen LogP contribution is 2.26. The van der Waals surface area contributed by atoms with Gasteiger partial charge in [-0.05, 0) is 56.4 Å². The summed E-state index contributed by atoms with van der Waals surface area (Å²) in [5.41, 5.74) is 0.215. The molecule has 1 aliphatic heterocycles. The van der Waals surface area contributed by atoms with E-state index in [4.69, 9.17) is 4.74 Å². The minimum Gasteiger partial charge on any atom is -0.452 e. The van der Waals surface area contributed by atoms with E-state index in [1.165, 1.54) is 28.6 Å². The third kappa shape index (κ3) is 5.32. The van der Waals surface area contributed by atoms with Crippen LogP contribution < -0.4 is 0 Å². The predicted octanol–water partition coefficient (Wildman–Crippen LogP) is 2.38. The molecule has 0 saturated carbocycles. The SMILES string of the molecule is CCN(CC)C(=O)COC(=O)c1ccc(S(=O)(=O)N2C[C@H](C)C[C@H](C)C2)cc1. The molecule has 156 valence electrons. The molecule has 7 nitrogen and oxygen atoms in total. The molecule has 0 aromatic heterocycles. The molecule has 1 saturated heterocycles. The van der Waals surface area contributed by atoms with Gasteiger partial charge in [-0.25, -0.2) is 13.2 Å². The van der Waals surface area contributed by atoms with Crippen LogP contribution in [0.1, 0.15) is 44.5 Å². The number of piperidine rings is 1. The van der Waals surface area contributed by atoms with Crippen LogP contribution in [0.25, 0.3) is 0 Å². The molecule has 2 rings (SSSR count). The molecule has 1 aromatic carbocycles. The summed E-state index contributed by atoms with van der Waals surface area (Å²) in [5.74, 6) is -0.275. The zero-order valence-corrected chi connectivity index (χ0v) is 17.9. The van der Waals surface area contributed by atoms with Gasteiger partial charge >= 0.3 is 5.97 Å². The molecule has 0 N–H and O–H groups in total. The highest BCUT2D eigenvalue weighted by atomic mass is 32.2. The molecule has 1 fully saturated rings. The van der Waals surface area contributed by atoms with Crippen molar-refractivity contribution in [1.29, 1.82) is 0 Å². The summed E-state index contributed by atoms with van der Waals surface area (Å²) in [6.45, 7) is 9.59. The van der Waals surface area contributed by atoms with Gasteiger partial charge in [0.15, 0.2) is 6.61 Å². The average Bonchev–Trinajstić information content (AvgIpc) is 2.66. The summed E-state index contributed by atoms with van der Waals surface area (Å²) in [6, 6.07) is 5.69. The first kappa shape index (κ1) is 22.4. The number of hydrogen-bond donors (Lipinski definition) is 0. The number of carbonyl (C=O) groups is 2. The van der Waals surface area contributed by atoms with Crippen LogP contribution in [0.2, 0.25) is 0 Å². The Hall–Kier alpha value is -1.93. The van der Waals surface area contributed by atoms with E-state index in [1.54, 1.807) is 4.90 Å². The first-order valence-electron chi connectivity index (χ1n) is 9.74. The third-order valence-corrected chi connectivity index (χ3v) is 6.85. The number of sulfonamides is 1. The summed E-state index contributed by atoms with van der Waals surface area (Å²) in [6.07, 6.45) is 1.02. The van der Waals surface area contributed by atoms with Crippen LogP contribution in [0.3, 0.4) is 0 Å². The molecule has 28 heavy (non-hydrogen) atoms. The molecular weight excluding hydrogens is 380 g/mol. The first-order chi connectivity index (χ1) is 13.2. The van der Waals surface area contributed by atoms with Crippen molar-refractivity contribution in [3.8, 4) is 0 Å². The number of hydrogen-bond acceptors (Lipinski definition) is 5. The maximum Gasteiger partial charge on any atom is 0.338 e. The monoisotopic (exact) mass is 410 g/mol. The summed E-state index contributed by atoms with van der Waals surface area (Å²) in [4.78, 5) is 25.8. The average molecular weight is 411 g/mol. The van der Waals surface area contributed by atoms with Crippen molar-refractivity contribution >= 4 is 21.9 Å². The van der Waals surface area contributed by atoms with E-state index >= 15 is 0 Å². The van der Waals surface area contributed by atoms with Gasteiger partial charge in [0.1, 0.15) is 0 Å². The summed E-state index contributed by atoms with van der Waals surface area (Å²) in [7, 11) is -3.59. The number of esters is 1.